The van der Waals surface area contributed by atoms with Crippen molar-refractivity contribution in [2.45, 2.75) is 17.8 Å². The lowest BCUT2D eigenvalue weighted by Crippen LogP contribution is -2.30. The Morgan fingerprint density at radius 1 is 0.423 bits per heavy atom. The summed E-state index contributed by atoms with van der Waals surface area (Å²) in [6.07, 6.45) is 2.77. The van der Waals surface area contributed by atoms with Gasteiger partial charge < -0.3 is 10.2 Å². The molecule has 78 heavy (non-hydrogen) atoms. The van der Waals surface area contributed by atoms with E-state index in [-0.39, 0.29) is 47.2 Å². The fourth-order valence-electron chi connectivity index (χ4n) is 7.34. The van der Waals surface area contributed by atoms with Crippen molar-refractivity contribution in [3.8, 4) is 47.0 Å². The van der Waals surface area contributed by atoms with Crippen LogP contribution < -0.4 is 32.8 Å². The zero-order valence-corrected chi connectivity index (χ0v) is 45.4. The minimum Gasteiger partial charge on any atom is -0.857 e. The molecule has 9 rings (SSSR count). The highest BCUT2D eigenvalue weighted by Gasteiger charge is 2.25. The normalized spacial score (nSPS) is 11.8. The van der Waals surface area contributed by atoms with Crippen LogP contribution in [0.5, 0.6) is 11.8 Å². The molecule has 0 aliphatic heterocycles. The highest BCUT2D eigenvalue weighted by molar-refractivity contribution is 6.38. The lowest BCUT2D eigenvalue weighted by atomic mass is 9.92. The summed E-state index contributed by atoms with van der Waals surface area (Å²) < 4.78 is 2.74. The summed E-state index contributed by atoms with van der Waals surface area (Å²) in [5, 5.41) is 64.9. The predicted molar refractivity (Wildman–Crippen MR) is 291 cm³/mol. The van der Waals surface area contributed by atoms with E-state index in [9.17, 15) is 45.2 Å². The number of H-pyrrole nitrogens is 1. The second-order valence-corrected chi connectivity index (χ2v) is 19.5. The first kappa shape index (κ1) is 57.9. The van der Waals surface area contributed by atoms with Gasteiger partial charge in [-0.3, -0.25) is 9.78 Å². The van der Waals surface area contributed by atoms with E-state index in [1.807, 2.05) is 0 Å². The van der Waals surface area contributed by atoms with Crippen LogP contribution in [0.1, 0.15) is 51.1 Å². The number of halogens is 9. The molecule has 0 fully saturated rings. The number of hydrogen-bond donors (Lipinski definition) is 1. The average molecular weight is 1220 g/mol. The third kappa shape index (κ3) is 13.5. The van der Waals surface area contributed by atoms with Crippen molar-refractivity contribution in [3.05, 3.63) is 248 Å². The Bertz CT molecular complexity index is 3880. The maximum atomic E-state index is 11.9. The zero-order valence-electron chi connectivity index (χ0n) is 38.6. The molecule has 1 N–H and O–H groups in total. The van der Waals surface area contributed by atoms with E-state index in [0.29, 0.717) is 48.4 Å². The molecule has 390 valence electrons. The van der Waals surface area contributed by atoms with Gasteiger partial charge in [-0.2, -0.15) is 45.1 Å². The summed E-state index contributed by atoms with van der Waals surface area (Å²) >= 11 is 55.7. The Kier molecular flexibility index (Phi) is 19.0. The van der Waals surface area contributed by atoms with Gasteiger partial charge in [-0.05, 0) is 89.5 Å². The van der Waals surface area contributed by atoms with Gasteiger partial charge in [0.2, 0.25) is 0 Å². The Balaban J connectivity index is 0.000000170. The number of nitrogens with zero attached hydrogens (tertiary/aromatic N) is 11. The Morgan fingerprint density at radius 3 is 0.949 bits per heavy atom. The molecule has 0 saturated heterocycles. The molecule has 27 heteroatoms. The van der Waals surface area contributed by atoms with E-state index >= 15 is 0 Å². The predicted octanol–water partition coefficient (Wildman–Crippen LogP) is 10.2. The largest absolute Gasteiger partial charge is 0.857 e. The van der Waals surface area contributed by atoms with E-state index in [2.05, 4.69) is 48.5 Å². The maximum absolute atomic E-state index is 11.9. The fourth-order valence-corrected chi connectivity index (χ4v) is 9.79. The number of hydrogen-bond acceptors (Lipinski definition) is 14. The smallest absolute Gasteiger partial charge is 0.368 e. The van der Waals surface area contributed by atoms with Crippen LogP contribution in [0.15, 0.2) is 147 Å². The Morgan fingerprint density at radius 2 is 0.692 bits per heavy atom. The maximum Gasteiger partial charge on any atom is 0.368 e. The van der Waals surface area contributed by atoms with Gasteiger partial charge in [-0.25, -0.2) is 24.4 Å². The second-order valence-electron chi connectivity index (χ2n) is 15.7. The molecular formula is C51H25Cl9N12O6-2. The SMILES string of the molecule is N#CC(c1ccc(Cl)cc1)c1c(Cl)cc(-n2ncc(=O)[nH]c2=O)cc1Cl.N#CC(c1ccc(Cl)cc1)c1c(Cl)cc(-n2ncc([O-])nc2=O)cc1Cl.N#CC(c1ccc(Cl)cc1)c1c(Cl)cc(-n2ncc([O-])nc2=O)cc1Cl. The van der Waals surface area contributed by atoms with Crippen LogP contribution in [0.4, 0.5) is 0 Å². The summed E-state index contributed by atoms with van der Waals surface area (Å²) in [5.41, 5.74) is 0.861. The van der Waals surface area contributed by atoms with Crippen molar-refractivity contribution >= 4 is 104 Å². The molecule has 9 aromatic rings. The first-order valence-corrected chi connectivity index (χ1v) is 25.0. The van der Waals surface area contributed by atoms with Crippen LogP contribution in [0, 0.1) is 34.0 Å². The van der Waals surface area contributed by atoms with Gasteiger partial charge in [0.15, 0.2) is 0 Å². The molecule has 6 aromatic carbocycles. The molecule has 0 radical (unpaired) electrons. The van der Waals surface area contributed by atoms with Crippen molar-refractivity contribution in [1.82, 2.24) is 44.3 Å². The van der Waals surface area contributed by atoms with E-state index < -0.39 is 52.1 Å². The summed E-state index contributed by atoms with van der Waals surface area (Å²) in [6.45, 7) is 0. The minimum atomic E-state index is -0.855. The van der Waals surface area contributed by atoms with Crippen molar-refractivity contribution in [2.24, 2.45) is 0 Å². The topological polar surface area (TPSA) is 281 Å². The van der Waals surface area contributed by atoms with E-state index in [1.54, 1.807) is 72.8 Å². The lowest BCUT2D eigenvalue weighted by molar-refractivity contribution is -0.276. The second kappa shape index (κ2) is 25.6. The Hall–Kier alpha value is -7.77. The number of rotatable bonds is 9. The highest BCUT2D eigenvalue weighted by atomic mass is 35.5. The van der Waals surface area contributed by atoms with E-state index in [4.69, 9.17) is 104 Å². The van der Waals surface area contributed by atoms with Gasteiger partial charge in [-0.15, -0.1) is 0 Å². The molecule has 0 aliphatic carbocycles. The van der Waals surface area contributed by atoms with Crippen LogP contribution in [0.3, 0.4) is 0 Å². The van der Waals surface area contributed by atoms with Gasteiger partial charge >= 0.3 is 17.1 Å². The van der Waals surface area contributed by atoms with Gasteiger partial charge in [0.1, 0.15) is 6.20 Å². The van der Waals surface area contributed by atoms with Crippen LogP contribution in [0.2, 0.25) is 45.2 Å². The number of nitriles is 3. The molecule has 18 nitrogen and oxygen atoms in total. The number of nitrogens with one attached hydrogen (secondary N) is 1. The molecule has 3 unspecified atom stereocenters. The number of aromatic amines is 1. The summed E-state index contributed by atoms with van der Waals surface area (Å²) in [7, 11) is 0. The number of aromatic nitrogens is 9. The number of benzene rings is 6. The van der Waals surface area contributed by atoms with Crippen molar-refractivity contribution < 1.29 is 10.2 Å². The van der Waals surface area contributed by atoms with Gasteiger partial charge in [0, 0.05) is 73.7 Å². The standard InChI is InChI=1S/3C17H9Cl3N4O2/c3*18-10-3-1-9(2-4-10)12(7-21)16-13(19)5-11(6-14(16)20)24-17(26)23-15(25)8-22-24/h3*1-6,8,12H,(H,23,25,26)/p-2. The van der Waals surface area contributed by atoms with Crippen molar-refractivity contribution in [1.29, 1.82) is 15.8 Å². The molecule has 0 aliphatic rings. The lowest BCUT2D eigenvalue weighted by Gasteiger charge is -2.16. The third-order valence-corrected chi connectivity index (χ3v) is 13.5. The molecule has 0 spiro atoms. The zero-order chi connectivity index (χ0) is 56.5. The minimum absolute atomic E-state index is 0.175. The third-order valence-electron chi connectivity index (χ3n) is 10.8. The monoisotopic (exact) mass is 1220 g/mol. The molecule has 3 aromatic heterocycles. The van der Waals surface area contributed by atoms with Gasteiger partial charge in [0.25, 0.3) is 5.56 Å². The quantitative estimate of drug-likeness (QED) is 0.141. The van der Waals surface area contributed by atoms with Crippen LogP contribution >= 0.6 is 104 Å². The molecule has 0 amide bonds. The Labute approximate surface area is 484 Å². The summed E-state index contributed by atoms with van der Waals surface area (Å²) in [4.78, 5) is 55.3. The fraction of sp³-hybridized carbons (Fsp3) is 0.0588. The van der Waals surface area contributed by atoms with Crippen molar-refractivity contribution in [2.75, 3.05) is 0 Å². The highest BCUT2D eigenvalue weighted by Crippen LogP contribution is 2.40. The molecule has 0 bridgehead atoms. The summed E-state index contributed by atoms with van der Waals surface area (Å²) in [5.74, 6) is -3.66. The molecule has 3 atom stereocenters. The summed E-state index contributed by atoms with van der Waals surface area (Å²) in [6, 6.07) is 35.4. The van der Waals surface area contributed by atoms with Gasteiger partial charge in [-0.1, -0.05) is 141 Å². The van der Waals surface area contributed by atoms with Gasteiger partial charge in [0.05, 0.1) is 65.4 Å². The molecule has 3 heterocycles. The van der Waals surface area contributed by atoms with Crippen LogP contribution in [0.25, 0.3) is 17.1 Å². The molecule has 0 saturated carbocycles. The first-order chi connectivity index (χ1) is 37.2. The van der Waals surface area contributed by atoms with Crippen LogP contribution in [-0.2, 0) is 0 Å². The van der Waals surface area contributed by atoms with E-state index in [0.717, 1.165) is 32.6 Å². The van der Waals surface area contributed by atoms with E-state index in [1.165, 1.54) is 36.4 Å². The van der Waals surface area contributed by atoms with Crippen LogP contribution in [-0.4, -0.2) is 44.3 Å². The average Bonchev–Trinajstić information content (AvgIpc) is 3.46. The first-order valence-electron chi connectivity index (χ1n) is 21.6. The van der Waals surface area contributed by atoms with Crippen molar-refractivity contribution in [3.63, 3.8) is 0 Å². The molecular weight excluding hydrogens is 1200 g/mol.